The molecular formula is C19H13ClO8. The van der Waals surface area contributed by atoms with Gasteiger partial charge in [0.2, 0.25) is 5.43 Å². The van der Waals surface area contributed by atoms with Crippen molar-refractivity contribution in [3.63, 3.8) is 0 Å². The third-order valence-electron chi connectivity index (χ3n) is 4.11. The Morgan fingerprint density at radius 1 is 0.857 bits per heavy atom. The van der Waals surface area contributed by atoms with E-state index in [1.54, 1.807) is 0 Å². The lowest BCUT2D eigenvalue weighted by Gasteiger charge is -2.13. The van der Waals surface area contributed by atoms with Crippen molar-refractivity contribution in [2.24, 2.45) is 0 Å². The standard InChI is InChI=1S/C19H13ClO8/c1-25-17(22)10-7-11-15(21)9-6-8(20)4-5-12(9)28-16(11)14(19(24)27-3)13(10)18(23)26-2/h4-7H,1-3H3. The summed E-state index contributed by atoms with van der Waals surface area (Å²) in [5, 5.41) is 0.312. The van der Waals surface area contributed by atoms with Crippen molar-refractivity contribution >= 4 is 51.4 Å². The van der Waals surface area contributed by atoms with Crippen LogP contribution in [0.1, 0.15) is 31.1 Å². The third kappa shape index (κ3) is 2.97. The molecule has 2 aromatic carbocycles. The molecule has 8 nitrogen and oxygen atoms in total. The van der Waals surface area contributed by atoms with E-state index in [2.05, 4.69) is 4.74 Å². The first-order valence-corrected chi connectivity index (χ1v) is 8.19. The minimum Gasteiger partial charge on any atom is -0.465 e. The second-order valence-electron chi connectivity index (χ2n) is 5.60. The van der Waals surface area contributed by atoms with Crippen molar-refractivity contribution in [2.75, 3.05) is 21.3 Å². The number of fused-ring (bicyclic) bond motifs is 2. The molecule has 0 unspecified atom stereocenters. The molecule has 0 atom stereocenters. The molecule has 28 heavy (non-hydrogen) atoms. The van der Waals surface area contributed by atoms with E-state index in [0.29, 0.717) is 5.02 Å². The highest BCUT2D eigenvalue weighted by atomic mass is 35.5. The third-order valence-corrected chi connectivity index (χ3v) is 4.34. The van der Waals surface area contributed by atoms with Crippen LogP contribution in [0.2, 0.25) is 5.02 Å². The first-order chi connectivity index (χ1) is 13.3. The van der Waals surface area contributed by atoms with Crippen LogP contribution in [0.25, 0.3) is 21.9 Å². The zero-order chi connectivity index (χ0) is 20.6. The Kier molecular flexibility index (Phi) is 5.06. The van der Waals surface area contributed by atoms with Crippen LogP contribution in [0.15, 0.2) is 33.5 Å². The van der Waals surface area contributed by atoms with Gasteiger partial charge in [-0.15, -0.1) is 0 Å². The Hall–Kier alpha value is -3.39. The minimum absolute atomic E-state index is 0.122. The van der Waals surface area contributed by atoms with Gasteiger partial charge >= 0.3 is 17.9 Å². The molecule has 0 aliphatic carbocycles. The van der Waals surface area contributed by atoms with E-state index in [9.17, 15) is 19.2 Å². The largest absolute Gasteiger partial charge is 0.465 e. The number of hydrogen-bond acceptors (Lipinski definition) is 8. The zero-order valence-corrected chi connectivity index (χ0v) is 15.7. The highest BCUT2D eigenvalue weighted by Gasteiger charge is 2.31. The van der Waals surface area contributed by atoms with Gasteiger partial charge in [-0.3, -0.25) is 4.79 Å². The van der Waals surface area contributed by atoms with Crippen LogP contribution < -0.4 is 5.43 Å². The van der Waals surface area contributed by atoms with Gasteiger partial charge in [0.15, 0.2) is 5.58 Å². The van der Waals surface area contributed by atoms with E-state index in [4.69, 9.17) is 25.5 Å². The number of esters is 3. The van der Waals surface area contributed by atoms with Gasteiger partial charge in [0.05, 0.1) is 43.2 Å². The van der Waals surface area contributed by atoms with Crippen molar-refractivity contribution in [2.45, 2.75) is 0 Å². The lowest BCUT2D eigenvalue weighted by Crippen LogP contribution is -2.20. The number of methoxy groups -OCH3 is 3. The molecule has 0 spiro atoms. The van der Waals surface area contributed by atoms with Crippen LogP contribution in [0.3, 0.4) is 0 Å². The van der Waals surface area contributed by atoms with Gasteiger partial charge in [-0.25, -0.2) is 14.4 Å². The Bertz CT molecular complexity index is 1210. The molecule has 3 aromatic rings. The lowest BCUT2D eigenvalue weighted by molar-refractivity contribution is 0.0536. The summed E-state index contributed by atoms with van der Waals surface area (Å²) in [6, 6.07) is 5.46. The Balaban J connectivity index is 2.62. The SMILES string of the molecule is COC(=O)c1cc2c(=O)c3cc(Cl)ccc3oc2c(C(=O)OC)c1C(=O)OC. The number of carbonyl (C=O) groups excluding carboxylic acids is 3. The zero-order valence-electron chi connectivity index (χ0n) is 15.0. The monoisotopic (exact) mass is 404 g/mol. The normalized spacial score (nSPS) is 10.7. The second kappa shape index (κ2) is 7.32. The van der Waals surface area contributed by atoms with Crippen molar-refractivity contribution in [1.29, 1.82) is 0 Å². The molecule has 9 heteroatoms. The molecule has 0 N–H and O–H groups in total. The topological polar surface area (TPSA) is 109 Å². The van der Waals surface area contributed by atoms with Crippen LogP contribution in [-0.2, 0) is 14.2 Å². The highest BCUT2D eigenvalue weighted by molar-refractivity contribution is 6.31. The predicted octanol–water partition coefficient (Wildman–Crippen LogP) is 2.96. The number of rotatable bonds is 3. The number of halogens is 1. The van der Waals surface area contributed by atoms with E-state index >= 15 is 0 Å². The molecule has 3 rings (SSSR count). The molecular weight excluding hydrogens is 392 g/mol. The molecule has 0 fully saturated rings. The number of hydrogen-bond donors (Lipinski definition) is 0. The lowest BCUT2D eigenvalue weighted by atomic mass is 9.96. The van der Waals surface area contributed by atoms with Crippen molar-refractivity contribution in [3.8, 4) is 0 Å². The fourth-order valence-corrected chi connectivity index (χ4v) is 3.02. The Morgan fingerprint density at radius 3 is 2.07 bits per heavy atom. The van der Waals surface area contributed by atoms with Crippen molar-refractivity contribution in [1.82, 2.24) is 0 Å². The number of ether oxygens (including phenoxy) is 3. The summed E-state index contributed by atoms with van der Waals surface area (Å²) in [5.41, 5.74) is -1.82. The molecule has 0 amide bonds. The summed E-state index contributed by atoms with van der Waals surface area (Å²) in [6.07, 6.45) is 0. The van der Waals surface area contributed by atoms with Gasteiger partial charge in [0, 0.05) is 5.02 Å². The van der Waals surface area contributed by atoms with Gasteiger partial charge in [-0.2, -0.15) is 0 Å². The summed E-state index contributed by atoms with van der Waals surface area (Å²) in [5.74, 6) is -2.94. The molecule has 0 bridgehead atoms. The van der Waals surface area contributed by atoms with E-state index in [1.165, 1.54) is 18.2 Å². The van der Waals surface area contributed by atoms with Crippen molar-refractivity contribution < 1.29 is 33.0 Å². The number of benzene rings is 2. The van der Waals surface area contributed by atoms with E-state index in [0.717, 1.165) is 27.4 Å². The van der Waals surface area contributed by atoms with Crippen LogP contribution in [0.4, 0.5) is 0 Å². The van der Waals surface area contributed by atoms with Gasteiger partial charge < -0.3 is 18.6 Å². The molecule has 0 saturated heterocycles. The molecule has 0 aliphatic heterocycles. The molecule has 0 radical (unpaired) electrons. The minimum atomic E-state index is -0.999. The van der Waals surface area contributed by atoms with E-state index in [1.807, 2.05) is 0 Å². The molecule has 0 saturated carbocycles. The summed E-state index contributed by atoms with van der Waals surface area (Å²) in [4.78, 5) is 50.1. The smallest absolute Gasteiger partial charge is 0.342 e. The second-order valence-corrected chi connectivity index (χ2v) is 6.03. The summed E-state index contributed by atoms with van der Waals surface area (Å²) >= 11 is 5.95. The average molecular weight is 405 g/mol. The summed E-state index contributed by atoms with van der Waals surface area (Å²) in [6.45, 7) is 0. The van der Waals surface area contributed by atoms with Crippen LogP contribution in [0, 0.1) is 0 Å². The predicted molar refractivity (Wildman–Crippen MR) is 99.0 cm³/mol. The molecule has 144 valence electrons. The van der Waals surface area contributed by atoms with E-state index < -0.39 is 34.5 Å². The first-order valence-electron chi connectivity index (χ1n) is 7.82. The van der Waals surface area contributed by atoms with Gasteiger partial charge in [0.1, 0.15) is 11.1 Å². The van der Waals surface area contributed by atoms with Crippen LogP contribution in [-0.4, -0.2) is 39.2 Å². The molecule has 1 heterocycles. The summed E-state index contributed by atoms with van der Waals surface area (Å²) < 4.78 is 19.8. The summed E-state index contributed by atoms with van der Waals surface area (Å²) in [7, 11) is 3.25. The fourth-order valence-electron chi connectivity index (χ4n) is 2.85. The van der Waals surface area contributed by atoms with Crippen LogP contribution >= 0.6 is 11.6 Å². The Morgan fingerprint density at radius 2 is 1.46 bits per heavy atom. The van der Waals surface area contributed by atoms with Gasteiger partial charge in [-0.1, -0.05) is 11.6 Å². The average Bonchev–Trinajstić information content (AvgIpc) is 2.71. The maximum atomic E-state index is 13.0. The van der Waals surface area contributed by atoms with Crippen molar-refractivity contribution in [3.05, 3.63) is 56.2 Å². The molecule has 0 aliphatic rings. The van der Waals surface area contributed by atoms with Gasteiger partial charge in [-0.05, 0) is 24.3 Å². The van der Waals surface area contributed by atoms with Gasteiger partial charge in [0.25, 0.3) is 0 Å². The maximum Gasteiger partial charge on any atom is 0.342 e. The quantitative estimate of drug-likeness (QED) is 0.372. The van der Waals surface area contributed by atoms with Crippen LogP contribution in [0.5, 0.6) is 0 Å². The molecule has 1 aromatic heterocycles. The first kappa shape index (κ1) is 19.4. The fraction of sp³-hybridized carbons (Fsp3) is 0.158. The maximum absolute atomic E-state index is 13.0. The number of carbonyl (C=O) groups is 3. The van der Waals surface area contributed by atoms with E-state index in [-0.39, 0.29) is 27.5 Å². The Labute approximate surface area is 162 Å². The highest BCUT2D eigenvalue weighted by Crippen LogP contribution is 2.30.